The third-order valence-electron chi connectivity index (χ3n) is 12.2. The molecule has 4 fully saturated rings. The van der Waals surface area contributed by atoms with Crippen molar-refractivity contribution in [2.24, 2.45) is 11.8 Å². The molecule has 12 heteroatoms. The predicted octanol–water partition coefficient (Wildman–Crippen LogP) is 5.94. The fourth-order valence-electron chi connectivity index (χ4n) is 8.77. The lowest BCUT2D eigenvalue weighted by Crippen LogP contribution is -2.52. The van der Waals surface area contributed by atoms with Gasteiger partial charge in [0.05, 0.1) is 24.3 Å². The van der Waals surface area contributed by atoms with Gasteiger partial charge < -0.3 is 40.2 Å². The third kappa shape index (κ3) is 9.79. The summed E-state index contributed by atoms with van der Waals surface area (Å²) in [6.45, 7) is 5.77. The number of aromatic nitrogens is 1. The van der Waals surface area contributed by atoms with E-state index in [-0.39, 0.29) is 29.4 Å². The number of hydrogen-bond acceptors (Lipinski definition) is 9. The molecule has 0 saturated carbocycles. The minimum absolute atomic E-state index is 0.0267. The molecule has 2 amide bonds. The van der Waals surface area contributed by atoms with E-state index in [1.165, 1.54) is 12.1 Å². The van der Waals surface area contributed by atoms with E-state index in [9.17, 15) is 24.6 Å². The smallest absolute Gasteiger partial charge is 0.408 e. The van der Waals surface area contributed by atoms with E-state index in [1.54, 1.807) is 12.1 Å². The van der Waals surface area contributed by atoms with Crippen LogP contribution in [0.5, 0.6) is 11.5 Å². The van der Waals surface area contributed by atoms with E-state index >= 15 is 0 Å². The fourth-order valence-corrected chi connectivity index (χ4v) is 8.77. The van der Waals surface area contributed by atoms with Crippen LogP contribution in [0.15, 0.2) is 108 Å². The molecule has 59 heavy (non-hydrogen) atoms. The minimum Gasteiger partial charge on any atom is -0.506 e. The van der Waals surface area contributed by atoms with Gasteiger partial charge in [-0.2, -0.15) is 0 Å². The first-order chi connectivity index (χ1) is 28.8. The Bertz CT molecular complexity index is 2270. The highest BCUT2D eigenvalue weighted by molar-refractivity contribution is 5.94. The van der Waals surface area contributed by atoms with Gasteiger partial charge in [0.25, 0.3) is 5.91 Å². The van der Waals surface area contributed by atoms with Crippen LogP contribution in [0.2, 0.25) is 0 Å². The van der Waals surface area contributed by atoms with Gasteiger partial charge >= 0.3 is 6.09 Å². The number of nitrogens with zero attached hydrogens (tertiary/aromatic N) is 2. The summed E-state index contributed by atoms with van der Waals surface area (Å²) in [4.78, 5) is 45.3. The summed E-state index contributed by atoms with van der Waals surface area (Å²) >= 11 is 0. The zero-order valence-electron chi connectivity index (χ0n) is 33.2. The number of aromatic amines is 1. The molecule has 5 N–H and O–H groups in total. The van der Waals surface area contributed by atoms with Gasteiger partial charge in [-0.1, -0.05) is 60.7 Å². The number of piperidine rings is 4. The molecule has 4 aliphatic rings. The van der Waals surface area contributed by atoms with Gasteiger partial charge in [-0.15, -0.1) is 0 Å². The fraction of sp³-hybridized carbons (Fsp3) is 0.383. The van der Waals surface area contributed by atoms with Crippen LogP contribution in [-0.4, -0.2) is 95.5 Å². The summed E-state index contributed by atoms with van der Waals surface area (Å²) in [5, 5.41) is 28.0. The number of phenols is 1. The molecule has 308 valence electrons. The van der Waals surface area contributed by atoms with Crippen LogP contribution in [-0.2, 0) is 11.2 Å². The number of likely N-dealkylation sites (tertiary alicyclic amines) is 1. The number of nitrogens with one attached hydrogen (secondary N) is 3. The summed E-state index contributed by atoms with van der Waals surface area (Å²) in [7, 11) is 0. The van der Waals surface area contributed by atoms with Crippen molar-refractivity contribution in [3.8, 4) is 11.5 Å². The highest BCUT2D eigenvalue weighted by atomic mass is 16.6. The van der Waals surface area contributed by atoms with Gasteiger partial charge in [-0.25, -0.2) is 4.79 Å². The van der Waals surface area contributed by atoms with Crippen LogP contribution >= 0.6 is 0 Å². The second kappa shape index (κ2) is 18.5. The topological polar surface area (TPSA) is 156 Å². The average molecular weight is 800 g/mol. The number of fused-ring (bicyclic) bond motifs is 4. The number of alkyl carbamates (subject to hydrolysis) is 1. The number of aliphatic hydroxyl groups is 1. The monoisotopic (exact) mass is 799 g/mol. The molecule has 4 saturated heterocycles. The molecule has 0 radical (unpaired) electrons. The second-order valence-corrected chi connectivity index (χ2v) is 16.1. The van der Waals surface area contributed by atoms with Crippen molar-refractivity contribution in [2.75, 3.05) is 52.4 Å². The van der Waals surface area contributed by atoms with Crippen molar-refractivity contribution in [2.45, 2.75) is 50.4 Å². The van der Waals surface area contributed by atoms with Crippen LogP contribution in [0.3, 0.4) is 0 Å². The molecule has 0 aliphatic carbocycles. The van der Waals surface area contributed by atoms with Crippen LogP contribution in [0.4, 0.5) is 4.79 Å². The molecule has 2 bridgehead atoms. The quantitative estimate of drug-likeness (QED) is 0.0859. The first-order valence-corrected chi connectivity index (χ1v) is 20.9. The Morgan fingerprint density at radius 2 is 1.61 bits per heavy atom. The highest BCUT2D eigenvalue weighted by Gasteiger charge is 2.37. The first kappa shape index (κ1) is 40.1. The number of aliphatic hydroxyl groups excluding tert-OH is 1. The van der Waals surface area contributed by atoms with Crippen molar-refractivity contribution in [1.82, 2.24) is 25.4 Å². The normalized spacial score (nSPS) is 20.2. The van der Waals surface area contributed by atoms with E-state index in [0.717, 1.165) is 74.2 Å². The lowest BCUT2D eigenvalue weighted by Gasteiger charge is -2.43. The lowest BCUT2D eigenvalue weighted by molar-refractivity contribution is -0.0336. The number of rotatable bonds is 14. The van der Waals surface area contributed by atoms with E-state index < -0.39 is 12.2 Å². The van der Waals surface area contributed by atoms with Crippen LogP contribution < -0.4 is 20.9 Å². The van der Waals surface area contributed by atoms with Crippen molar-refractivity contribution in [1.29, 1.82) is 0 Å². The van der Waals surface area contributed by atoms with E-state index in [0.29, 0.717) is 66.7 Å². The molecule has 4 aliphatic heterocycles. The molecule has 5 heterocycles. The van der Waals surface area contributed by atoms with E-state index in [1.807, 2.05) is 83.8 Å². The SMILES string of the molecule is O=C(NC(c1ccccc1)c1cccc(OCC2CCN(C(=O)c3ccc(CCNC[C@@H](O)c4ccc(O)c5[nH]c(=O)ccc45)cc3)CC2)c1)O[C@H]1CN2CCC1CC2. The van der Waals surface area contributed by atoms with Crippen molar-refractivity contribution < 1.29 is 29.3 Å². The number of carbonyl (C=O) groups excluding carboxylic acids is 2. The number of pyridine rings is 1. The second-order valence-electron chi connectivity index (χ2n) is 16.1. The molecule has 9 rings (SSSR count). The van der Waals surface area contributed by atoms with Crippen LogP contribution in [0.25, 0.3) is 10.9 Å². The molecule has 1 unspecified atom stereocenters. The minimum atomic E-state index is -0.829. The molecular formula is C47H53N5O7. The zero-order chi connectivity index (χ0) is 40.7. The predicted molar refractivity (Wildman–Crippen MR) is 226 cm³/mol. The highest BCUT2D eigenvalue weighted by Crippen LogP contribution is 2.32. The Morgan fingerprint density at radius 3 is 2.36 bits per heavy atom. The Balaban J connectivity index is 0.784. The summed E-state index contributed by atoms with van der Waals surface area (Å²) in [5.41, 5.74) is 4.23. The number of aromatic hydroxyl groups is 1. The number of hydrogen-bond donors (Lipinski definition) is 5. The number of amides is 2. The summed E-state index contributed by atoms with van der Waals surface area (Å²) in [6.07, 6.45) is 3.26. The van der Waals surface area contributed by atoms with E-state index in [2.05, 4.69) is 20.5 Å². The van der Waals surface area contributed by atoms with Crippen molar-refractivity contribution >= 4 is 22.9 Å². The maximum Gasteiger partial charge on any atom is 0.408 e. The van der Waals surface area contributed by atoms with Crippen molar-refractivity contribution in [3.63, 3.8) is 0 Å². The Kier molecular flexibility index (Phi) is 12.6. The lowest BCUT2D eigenvalue weighted by atomic mass is 9.86. The summed E-state index contributed by atoms with van der Waals surface area (Å²) in [6, 6.07) is 31.3. The summed E-state index contributed by atoms with van der Waals surface area (Å²) in [5.74, 6) is 1.47. The maximum absolute atomic E-state index is 13.4. The number of phenolic OH excluding ortho intramolecular Hbond substituents is 1. The van der Waals surface area contributed by atoms with Gasteiger partial charge in [0.15, 0.2) is 0 Å². The van der Waals surface area contributed by atoms with Gasteiger partial charge in [0.1, 0.15) is 17.6 Å². The Morgan fingerprint density at radius 1 is 0.847 bits per heavy atom. The molecule has 5 aromatic rings. The first-order valence-electron chi connectivity index (χ1n) is 20.9. The molecule has 12 nitrogen and oxygen atoms in total. The van der Waals surface area contributed by atoms with Crippen LogP contribution in [0.1, 0.15) is 70.4 Å². The van der Waals surface area contributed by atoms with Gasteiger partial charge in [-0.3, -0.25) is 14.5 Å². The molecular weight excluding hydrogens is 747 g/mol. The molecule has 1 aromatic heterocycles. The molecule has 0 spiro atoms. The number of H-pyrrole nitrogens is 1. The van der Waals surface area contributed by atoms with Gasteiger partial charge in [-0.05, 0) is 122 Å². The largest absolute Gasteiger partial charge is 0.506 e. The van der Waals surface area contributed by atoms with Gasteiger partial charge in [0.2, 0.25) is 5.56 Å². The van der Waals surface area contributed by atoms with Crippen molar-refractivity contribution in [3.05, 3.63) is 141 Å². The number of benzene rings is 4. The van der Waals surface area contributed by atoms with Gasteiger partial charge in [0, 0.05) is 43.2 Å². The summed E-state index contributed by atoms with van der Waals surface area (Å²) < 4.78 is 12.3. The van der Waals surface area contributed by atoms with Crippen LogP contribution in [0, 0.1) is 11.8 Å². The number of carbonyl (C=O) groups is 2. The standard InChI is InChI=1S/C47H53N5O7/c53-40-15-13-38(39-14-16-43(55)49-45(39)40)41(54)28-48-22-17-31-9-11-35(12-10-31)46(56)52-25-18-32(19-26-52)30-58-37-8-4-7-36(27-37)44(34-5-2-1-3-6-34)50-47(57)59-42-29-51-23-20-33(42)21-24-51/h1-16,27,32-33,41-42,44,48,53-54H,17-26,28-30H2,(H,49,55)(H,50,57)/t41-,42+,44?/m1/s1. The average Bonchev–Trinajstić information content (AvgIpc) is 3.27. The molecule has 4 aromatic carbocycles. The zero-order valence-corrected chi connectivity index (χ0v) is 33.2. The maximum atomic E-state index is 13.4. The molecule has 3 atom stereocenters. The van der Waals surface area contributed by atoms with E-state index in [4.69, 9.17) is 9.47 Å². The Labute approximate surface area is 344 Å². The third-order valence-corrected chi connectivity index (χ3v) is 12.2. The number of ether oxygens (including phenoxy) is 2. The Hall–Kier alpha value is -5.69.